The first-order chi connectivity index (χ1) is 17.8. The van der Waals surface area contributed by atoms with Crippen LogP contribution in [0.2, 0.25) is 5.02 Å². The Bertz CT molecular complexity index is 1300. The van der Waals surface area contributed by atoms with Gasteiger partial charge in [0.1, 0.15) is 12.4 Å². The fourth-order valence-corrected chi connectivity index (χ4v) is 5.34. The highest BCUT2D eigenvalue weighted by molar-refractivity contribution is 6.30. The van der Waals surface area contributed by atoms with Crippen LogP contribution in [0.3, 0.4) is 0 Å². The predicted molar refractivity (Wildman–Crippen MR) is 147 cm³/mol. The minimum Gasteiger partial charge on any atom is -0.487 e. The van der Waals surface area contributed by atoms with Crippen LogP contribution in [0.5, 0.6) is 5.75 Å². The molecule has 1 aromatic heterocycles. The quantitative estimate of drug-likeness (QED) is 0.391. The first kappa shape index (κ1) is 25.7. The summed E-state index contributed by atoms with van der Waals surface area (Å²) in [6.45, 7) is 6.75. The maximum atomic E-state index is 12.9. The number of ether oxygens (including phenoxy) is 1. The number of carbonyl (C=O) groups excluding carboxylic acids is 1. The molecule has 6 heteroatoms. The molecule has 2 aromatic carbocycles. The molecular weight excluding hydrogens is 484 g/mol. The Hall–Kier alpha value is -2.99. The van der Waals surface area contributed by atoms with Crippen molar-refractivity contribution in [1.29, 1.82) is 0 Å². The lowest BCUT2D eigenvalue weighted by Gasteiger charge is -2.31. The first-order valence-electron chi connectivity index (χ1n) is 13.0. The summed E-state index contributed by atoms with van der Waals surface area (Å²) in [5, 5.41) is 11.3. The minimum atomic E-state index is -0.946. The summed E-state index contributed by atoms with van der Waals surface area (Å²) in [4.78, 5) is 19.9. The Balaban J connectivity index is 1.30. The van der Waals surface area contributed by atoms with E-state index < -0.39 is 5.60 Å². The third-order valence-electron chi connectivity index (χ3n) is 7.40. The molecule has 1 N–H and O–H groups in total. The average Bonchev–Trinajstić information content (AvgIpc) is 3.05. The summed E-state index contributed by atoms with van der Waals surface area (Å²) in [5.41, 5.74) is 4.71. The summed E-state index contributed by atoms with van der Waals surface area (Å²) in [7, 11) is 0. The van der Waals surface area contributed by atoms with E-state index in [1.807, 2.05) is 36.4 Å². The lowest BCUT2D eigenvalue weighted by atomic mass is 9.88. The molecule has 0 saturated carbocycles. The molecule has 0 bridgehead atoms. The van der Waals surface area contributed by atoms with Crippen LogP contribution in [0.25, 0.3) is 5.57 Å². The standard InChI is InChI=1S/C31H33ClN2O3/c1-31(2,36)23-9-12-29-27(19-23)25(26-5-3-15-33-28(26)20-37-29)6-4-16-34-17-13-22(14-18-34)30(35)21-7-10-24(32)11-8-21/h3,5-12,15,19,22,36H,4,13-14,16-18,20H2,1-2H3/b25-6+. The highest BCUT2D eigenvalue weighted by Gasteiger charge is 2.26. The summed E-state index contributed by atoms with van der Waals surface area (Å²) in [5.74, 6) is 1.10. The van der Waals surface area contributed by atoms with Crippen molar-refractivity contribution in [3.05, 3.63) is 99.8 Å². The second kappa shape index (κ2) is 10.8. The number of aliphatic hydroxyl groups is 1. The van der Waals surface area contributed by atoms with Crippen LogP contribution in [0, 0.1) is 5.92 Å². The Morgan fingerprint density at radius 2 is 1.89 bits per heavy atom. The number of piperidine rings is 1. The Morgan fingerprint density at radius 1 is 1.14 bits per heavy atom. The van der Waals surface area contributed by atoms with Crippen LogP contribution in [-0.4, -0.2) is 40.4 Å². The third kappa shape index (κ3) is 5.80. The largest absolute Gasteiger partial charge is 0.487 e. The molecule has 3 aromatic rings. The number of aromatic nitrogens is 1. The van der Waals surface area contributed by atoms with E-state index in [9.17, 15) is 9.90 Å². The van der Waals surface area contributed by atoms with E-state index in [1.165, 1.54) is 0 Å². The molecule has 2 aliphatic rings. The Kier molecular flexibility index (Phi) is 7.47. The molecule has 0 radical (unpaired) electrons. The summed E-state index contributed by atoms with van der Waals surface area (Å²) in [6.07, 6.45) is 6.68. The van der Waals surface area contributed by atoms with Gasteiger partial charge < -0.3 is 14.7 Å². The molecule has 0 spiro atoms. The van der Waals surface area contributed by atoms with Crippen molar-refractivity contribution in [1.82, 2.24) is 9.88 Å². The zero-order valence-corrected chi connectivity index (χ0v) is 22.2. The van der Waals surface area contributed by atoms with E-state index in [0.29, 0.717) is 11.6 Å². The van der Waals surface area contributed by atoms with Gasteiger partial charge in [0.05, 0.1) is 11.3 Å². The number of hydrogen-bond donors (Lipinski definition) is 1. The Morgan fingerprint density at radius 3 is 2.62 bits per heavy atom. The molecule has 1 saturated heterocycles. The summed E-state index contributed by atoms with van der Waals surface area (Å²) >= 11 is 5.97. The maximum Gasteiger partial charge on any atom is 0.166 e. The van der Waals surface area contributed by atoms with Crippen LogP contribution in [0.4, 0.5) is 0 Å². The molecule has 0 unspecified atom stereocenters. The average molecular weight is 517 g/mol. The molecule has 192 valence electrons. The molecule has 37 heavy (non-hydrogen) atoms. The molecule has 2 aliphatic heterocycles. The third-order valence-corrected chi connectivity index (χ3v) is 7.65. The molecule has 5 nitrogen and oxygen atoms in total. The second-order valence-electron chi connectivity index (χ2n) is 10.4. The van der Waals surface area contributed by atoms with Crippen LogP contribution < -0.4 is 4.74 Å². The number of hydrogen-bond acceptors (Lipinski definition) is 5. The van der Waals surface area contributed by atoms with Crippen molar-refractivity contribution < 1.29 is 14.6 Å². The molecule has 0 atom stereocenters. The second-order valence-corrected chi connectivity index (χ2v) is 10.9. The lowest BCUT2D eigenvalue weighted by Crippen LogP contribution is -2.36. The van der Waals surface area contributed by atoms with Crippen molar-refractivity contribution >= 4 is 23.0 Å². The molecule has 0 amide bonds. The highest BCUT2D eigenvalue weighted by Crippen LogP contribution is 2.38. The van der Waals surface area contributed by atoms with Crippen molar-refractivity contribution in [2.24, 2.45) is 5.92 Å². The number of halogens is 1. The van der Waals surface area contributed by atoms with Crippen molar-refractivity contribution in [2.75, 3.05) is 19.6 Å². The summed E-state index contributed by atoms with van der Waals surface area (Å²) < 4.78 is 6.11. The van der Waals surface area contributed by atoms with Crippen LogP contribution in [0.1, 0.15) is 65.9 Å². The number of likely N-dealkylation sites (tertiary alicyclic amines) is 1. The SMILES string of the molecule is CC(C)(O)c1ccc2c(c1)/C(=C/CCN1CCC(C(=O)c3ccc(Cl)cc3)CC1)c1cccnc1CO2. The van der Waals surface area contributed by atoms with Gasteiger partial charge in [-0.2, -0.15) is 0 Å². The van der Waals surface area contributed by atoms with Crippen LogP contribution >= 0.6 is 11.6 Å². The molecule has 3 heterocycles. The number of Topliss-reactive ketones (excluding diaryl/α,β-unsaturated/α-hetero) is 1. The number of carbonyl (C=O) groups is 1. The van der Waals surface area contributed by atoms with E-state index >= 15 is 0 Å². The fourth-order valence-electron chi connectivity index (χ4n) is 5.22. The van der Waals surface area contributed by atoms with E-state index in [0.717, 1.165) is 78.2 Å². The van der Waals surface area contributed by atoms with Crippen molar-refractivity contribution in [3.8, 4) is 5.75 Å². The van der Waals surface area contributed by atoms with Crippen molar-refractivity contribution in [2.45, 2.75) is 45.3 Å². The van der Waals surface area contributed by atoms with E-state index in [4.69, 9.17) is 16.3 Å². The topological polar surface area (TPSA) is 62.7 Å². The van der Waals surface area contributed by atoms with Gasteiger partial charge in [0.25, 0.3) is 0 Å². The fraction of sp³-hybridized carbons (Fsp3) is 0.355. The Labute approximate surface area is 223 Å². The predicted octanol–water partition coefficient (Wildman–Crippen LogP) is 6.27. The van der Waals surface area contributed by atoms with E-state index in [2.05, 4.69) is 22.0 Å². The van der Waals surface area contributed by atoms with E-state index in [1.54, 1.807) is 32.2 Å². The van der Waals surface area contributed by atoms with Gasteiger partial charge in [-0.05, 0) is 99.8 Å². The molecule has 0 aliphatic carbocycles. The molecule has 1 fully saturated rings. The van der Waals surface area contributed by atoms with Gasteiger partial charge in [0.15, 0.2) is 5.78 Å². The number of fused-ring (bicyclic) bond motifs is 2. The van der Waals surface area contributed by atoms with Crippen LogP contribution in [0.15, 0.2) is 66.9 Å². The first-order valence-corrected chi connectivity index (χ1v) is 13.3. The maximum absolute atomic E-state index is 12.9. The van der Waals surface area contributed by atoms with E-state index in [-0.39, 0.29) is 11.7 Å². The monoisotopic (exact) mass is 516 g/mol. The highest BCUT2D eigenvalue weighted by atomic mass is 35.5. The number of benzene rings is 2. The van der Waals surface area contributed by atoms with Gasteiger partial charge >= 0.3 is 0 Å². The minimum absolute atomic E-state index is 0.0693. The number of pyridine rings is 1. The molecular formula is C31H33ClN2O3. The van der Waals surface area contributed by atoms with Crippen LogP contribution in [-0.2, 0) is 12.2 Å². The zero-order valence-electron chi connectivity index (χ0n) is 21.4. The van der Waals surface area contributed by atoms with Gasteiger partial charge in [-0.3, -0.25) is 9.78 Å². The van der Waals surface area contributed by atoms with Gasteiger partial charge in [0.2, 0.25) is 0 Å². The normalized spacial score (nSPS) is 17.6. The summed E-state index contributed by atoms with van der Waals surface area (Å²) in [6, 6.07) is 17.2. The zero-order chi connectivity index (χ0) is 26.0. The van der Waals surface area contributed by atoms with Gasteiger partial charge in [-0.1, -0.05) is 29.8 Å². The van der Waals surface area contributed by atoms with Gasteiger partial charge in [-0.25, -0.2) is 0 Å². The lowest BCUT2D eigenvalue weighted by molar-refractivity contribution is 0.0784. The van der Waals surface area contributed by atoms with Gasteiger partial charge in [-0.15, -0.1) is 0 Å². The number of nitrogens with zero attached hydrogens (tertiary/aromatic N) is 2. The number of rotatable bonds is 6. The molecule has 5 rings (SSSR count). The smallest absolute Gasteiger partial charge is 0.166 e. The number of ketones is 1. The van der Waals surface area contributed by atoms with Crippen molar-refractivity contribution in [3.63, 3.8) is 0 Å². The van der Waals surface area contributed by atoms with Gasteiger partial charge in [0, 0.05) is 40.4 Å².